The molecule has 0 fully saturated rings. The number of rotatable bonds is 8. The van der Waals surface area contributed by atoms with Crippen molar-refractivity contribution >= 4 is 0 Å². The van der Waals surface area contributed by atoms with Crippen LogP contribution in [0, 0.1) is 5.41 Å². The third-order valence-electron chi connectivity index (χ3n) is 2.78. The fourth-order valence-corrected chi connectivity index (χ4v) is 1.41. The smallest absolute Gasteiger partial charge is 0.0558 e. The van der Waals surface area contributed by atoms with Gasteiger partial charge in [0.15, 0.2) is 0 Å². The first-order valence-corrected chi connectivity index (χ1v) is 5.26. The highest BCUT2D eigenvalue weighted by Gasteiger charge is 2.23. The molecule has 4 N–H and O–H groups in total. The van der Waals surface area contributed by atoms with Crippen molar-refractivity contribution in [2.75, 3.05) is 39.4 Å². The predicted octanol–water partition coefficient (Wildman–Crippen LogP) is -0.352. The summed E-state index contributed by atoms with van der Waals surface area (Å²) in [5.74, 6) is 0. The molecule has 1 atom stereocenters. The van der Waals surface area contributed by atoms with E-state index in [1.165, 1.54) is 0 Å². The Balaban J connectivity index is 4.10. The number of hydrogen-bond acceptors (Lipinski definition) is 4. The van der Waals surface area contributed by atoms with Gasteiger partial charge in [-0.1, -0.05) is 13.8 Å². The zero-order valence-corrected chi connectivity index (χ0v) is 9.37. The van der Waals surface area contributed by atoms with E-state index >= 15 is 0 Å². The van der Waals surface area contributed by atoms with Gasteiger partial charge in [-0.2, -0.15) is 0 Å². The molecule has 14 heavy (non-hydrogen) atoms. The van der Waals surface area contributed by atoms with E-state index in [1.54, 1.807) is 0 Å². The first kappa shape index (κ1) is 13.8. The molecule has 0 bridgehead atoms. The lowest BCUT2D eigenvalue weighted by Crippen LogP contribution is -2.42. The average molecular weight is 204 g/mol. The molecule has 0 spiro atoms. The number of hydrogen-bond donors (Lipinski definition) is 3. The van der Waals surface area contributed by atoms with Gasteiger partial charge in [0.25, 0.3) is 0 Å². The Labute approximate surface area is 86.7 Å². The molecule has 0 aliphatic heterocycles. The second-order valence-corrected chi connectivity index (χ2v) is 4.09. The van der Waals surface area contributed by atoms with Crippen LogP contribution in [0.5, 0.6) is 0 Å². The van der Waals surface area contributed by atoms with Crippen molar-refractivity contribution < 1.29 is 10.2 Å². The predicted molar refractivity (Wildman–Crippen MR) is 58.1 cm³/mol. The second kappa shape index (κ2) is 7.17. The third kappa shape index (κ3) is 4.91. The topological polar surface area (TPSA) is 69.7 Å². The molecule has 0 radical (unpaired) electrons. The van der Waals surface area contributed by atoms with Crippen molar-refractivity contribution in [1.29, 1.82) is 0 Å². The van der Waals surface area contributed by atoms with Gasteiger partial charge in [-0.05, 0) is 18.4 Å². The molecule has 0 saturated heterocycles. The SMILES string of the molecule is CCC(C)(CN)CN(CCO)CCO. The lowest BCUT2D eigenvalue weighted by Gasteiger charge is -2.33. The molecular weight excluding hydrogens is 180 g/mol. The van der Waals surface area contributed by atoms with E-state index in [-0.39, 0.29) is 18.6 Å². The minimum atomic E-state index is 0.0876. The first-order chi connectivity index (χ1) is 6.61. The molecule has 0 rings (SSSR count). The maximum absolute atomic E-state index is 8.85. The van der Waals surface area contributed by atoms with Crippen LogP contribution in [0.15, 0.2) is 0 Å². The summed E-state index contributed by atoms with van der Waals surface area (Å²) in [7, 11) is 0. The van der Waals surface area contributed by atoms with Gasteiger partial charge in [-0.25, -0.2) is 0 Å². The van der Waals surface area contributed by atoms with Crippen molar-refractivity contribution in [1.82, 2.24) is 4.90 Å². The number of aliphatic hydroxyl groups excluding tert-OH is 2. The Morgan fingerprint density at radius 3 is 2.00 bits per heavy atom. The molecule has 0 saturated carbocycles. The molecule has 86 valence electrons. The summed E-state index contributed by atoms with van der Waals surface area (Å²) in [6, 6.07) is 0. The number of nitrogens with zero attached hydrogens (tertiary/aromatic N) is 1. The lowest BCUT2D eigenvalue weighted by atomic mass is 9.87. The van der Waals surface area contributed by atoms with Crippen LogP contribution in [0.3, 0.4) is 0 Å². The van der Waals surface area contributed by atoms with Crippen molar-refractivity contribution in [2.45, 2.75) is 20.3 Å². The van der Waals surface area contributed by atoms with E-state index in [2.05, 4.69) is 18.7 Å². The van der Waals surface area contributed by atoms with Crippen LogP contribution in [0.2, 0.25) is 0 Å². The maximum atomic E-state index is 8.85. The van der Waals surface area contributed by atoms with Crippen LogP contribution < -0.4 is 5.73 Å². The van der Waals surface area contributed by atoms with E-state index in [1.807, 2.05) is 0 Å². The summed E-state index contributed by atoms with van der Waals surface area (Å²) < 4.78 is 0. The van der Waals surface area contributed by atoms with Crippen LogP contribution in [0.25, 0.3) is 0 Å². The van der Waals surface area contributed by atoms with Gasteiger partial charge in [-0.3, -0.25) is 4.90 Å². The minimum Gasteiger partial charge on any atom is -0.395 e. The fourth-order valence-electron chi connectivity index (χ4n) is 1.41. The van der Waals surface area contributed by atoms with Gasteiger partial charge in [-0.15, -0.1) is 0 Å². The van der Waals surface area contributed by atoms with Crippen molar-refractivity contribution in [3.63, 3.8) is 0 Å². The lowest BCUT2D eigenvalue weighted by molar-refractivity contribution is 0.113. The van der Waals surface area contributed by atoms with Crippen molar-refractivity contribution in [2.24, 2.45) is 11.1 Å². The van der Waals surface area contributed by atoms with Gasteiger partial charge in [0.2, 0.25) is 0 Å². The summed E-state index contributed by atoms with van der Waals surface area (Å²) in [6.45, 7) is 7.19. The van der Waals surface area contributed by atoms with Crippen LogP contribution in [0.4, 0.5) is 0 Å². The minimum absolute atomic E-state index is 0.0876. The molecule has 0 aromatic rings. The van der Waals surface area contributed by atoms with E-state index < -0.39 is 0 Å². The summed E-state index contributed by atoms with van der Waals surface area (Å²) in [4.78, 5) is 2.05. The third-order valence-corrected chi connectivity index (χ3v) is 2.78. The molecule has 4 heteroatoms. The van der Waals surface area contributed by atoms with E-state index in [0.29, 0.717) is 19.6 Å². The second-order valence-electron chi connectivity index (χ2n) is 4.09. The van der Waals surface area contributed by atoms with Crippen LogP contribution in [-0.2, 0) is 0 Å². The summed E-state index contributed by atoms with van der Waals surface area (Å²) in [5.41, 5.74) is 5.79. The van der Waals surface area contributed by atoms with Gasteiger partial charge < -0.3 is 15.9 Å². The Morgan fingerprint density at radius 2 is 1.71 bits per heavy atom. The Hall–Kier alpha value is -0.160. The highest BCUT2D eigenvalue weighted by atomic mass is 16.3. The van der Waals surface area contributed by atoms with E-state index in [9.17, 15) is 0 Å². The number of aliphatic hydroxyl groups is 2. The molecule has 0 aromatic heterocycles. The van der Waals surface area contributed by atoms with Gasteiger partial charge in [0.05, 0.1) is 13.2 Å². The molecule has 0 aromatic carbocycles. The fraction of sp³-hybridized carbons (Fsp3) is 1.00. The normalized spacial score (nSPS) is 15.9. The Kier molecular flexibility index (Phi) is 7.09. The summed E-state index contributed by atoms with van der Waals surface area (Å²) in [5, 5.41) is 17.7. The largest absolute Gasteiger partial charge is 0.395 e. The zero-order chi connectivity index (χ0) is 11.0. The molecule has 0 heterocycles. The molecular formula is C10H24N2O2. The first-order valence-electron chi connectivity index (χ1n) is 5.26. The molecule has 0 aliphatic rings. The zero-order valence-electron chi connectivity index (χ0n) is 9.37. The van der Waals surface area contributed by atoms with Gasteiger partial charge >= 0.3 is 0 Å². The monoisotopic (exact) mass is 204 g/mol. The van der Waals surface area contributed by atoms with Crippen LogP contribution >= 0.6 is 0 Å². The highest BCUT2D eigenvalue weighted by molar-refractivity contribution is 4.78. The van der Waals surface area contributed by atoms with Crippen LogP contribution in [0.1, 0.15) is 20.3 Å². The summed E-state index contributed by atoms with van der Waals surface area (Å²) in [6.07, 6.45) is 1.01. The number of nitrogens with two attached hydrogens (primary N) is 1. The summed E-state index contributed by atoms with van der Waals surface area (Å²) >= 11 is 0. The molecule has 0 amide bonds. The Bertz CT molecular complexity index is 132. The van der Waals surface area contributed by atoms with E-state index in [4.69, 9.17) is 15.9 Å². The van der Waals surface area contributed by atoms with Gasteiger partial charge in [0, 0.05) is 19.6 Å². The van der Waals surface area contributed by atoms with Crippen LogP contribution in [-0.4, -0.2) is 54.5 Å². The Morgan fingerprint density at radius 1 is 1.21 bits per heavy atom. The molecule has 0 aliphatic carbocycles. The van der Waals surface area contributed by atoms with Crippen molar-refractivity contribution in [3.8, 4) is 0 Å². The molecule has 4 nitrogen and oxygen atoms in total. The van der Waals surface area contributed by atoms with E-state index in [0.717, 1.165) is 13.0 Å². The van der Waals surface area contributed by atoms with Crippen molar-refractivity contribution in [3.05, 3.63) is 0 Å². The molecule has 1 unspecified atom stereocenters. The standard InChI is InChI=1S/C10H24N2O2/c1-3-10(2,8-11)9-12(4-6-13)5-7-14/h13-14H,3-9,11H2,1-2H3. The van der Waals surface area contributed by atoms with Gasteiger partial charge in [0.1, 0.15) is 0 Å². The average Bonchev–Trinajstić information content (AvgIpc) is 2.18. The quantitative estimate of drug-likeness (QED) is 0.505. The maximum Gasteiger partial charge on any atom is 0.0558 e. The highest BCUT2D eigenvalue weighted by Crippen LogP contribution is 2.20.